The number of anilines is 1. The van der Waals surface area contributed by atoms with Crippen LogP contribution in [0.1, 0.15) is 33.7 Å². The largest absolute Gasteiger partial charge is 0.451 e. The molecule has 7 heteroatoms. The SMILES string of the molecule is CN(Cc1ccc(N(C)C)cc1)C(=O)COC(=O)c1nn(-c2ccccc2)c2c1CCC2. The number of hydrogen-bond acceptors (Lipinski definition) is 5. The van der Waals surface area contributed by atoms with Gasteiger partial charge in [0, 0.05) is 44.6 Å². The Morgan fingerprint density at radius 1 is 1.00 bits per heavy atom. The molecule has 1 heterocycles. The van der Waals surface area contributed by atoms with Gasteiger partial charge in [0.25, 0.3) is 5.91 Å². The fraction of sp³-hybridized carbons (Fsp3) is 0.320. The van der Waals surface area contributed by atoms with Crippen molar-refractivity contribution in [2.45, 2.75) is 25.8 Å². The highest BCUT2D eigenvalue weighted by molar-refractivity contribution is 5.91. The van der Waals surface area contributed by atoms with Crippen molar-refractivity contribution in [3.05, 3.63) is 77.1 Å². The molecule has 0 unspecified atom stereocenters. The van der Waals surface area contributed by atoms with Crippen molar-refractivity contribution in [2.75, 3.05) is 32.6 Å². The molecule has 166 valence electrons. The third kappa shape index (κ3) is 4.51. The van der Waals surface area contributed by atoms with E-state index in [2.05, 4.69) is 5.10 Å². The molecule has 1 amide bonds. The number of hydrogen-bond donors (Lipinski definition) is 0. The molecular formula is C25H28N4O3. The van der Waals surface area contributed by atoms with Gasteiger partial charge in [0.15, 0.2) is 12.3 Å². The minimum Gasteiger partial charge on any atom is -0.451 e. The first-order chi connectivity index (χ1) is 15.4. The van der Waals surface area contributed by atoms with Gasteiger partial charge in [-0.3, -0.25) is 4.79 Å². The summed E-state index contributed by atoms with van der Waals surface area (Å²) in [5.41, 5.74) is 5.32. The fourth-order valence-electron chi connectivity index (χ4n) is 3.95. The van der Waals surface area contributed by atoms with Crippen LogP contribution >= 0.6 is 0 Å². The highest BCUT2D eigenvalue weighted by atomic mass is 16.5. The lowest BCUT2D eigenvalue weighted by Gasteiger charge is -2.18. The Labute approximate surface area is 188 Å². The maximum Gasteiger partial charge on any atom is 0.359 e. The zero-order valence-corrected chi connectivity index (χ0v) is 18.7. The van der Waals surface area contributed by atoms with Crippen molar-refractivity contribution in [2.24, 2.45) is 0 Å². The first kappa shape index (κ1) is 21.6. The fourth-order valence-corrected chi connectivity index (χ4v) is 3.95. The molecule has 0 saturated heterocycles. The molecule has 0 bridgehead atoms. The molecule has 0 fully saturated rings. The number of aromatic nitrogens is 2. The van der Waals surface area contributed by atoms with Crippen LogP contribution in [0.15, 0.2) is 54.6 Å². The van der Waals surface area contributed by atoms with E-state index in [1.807, 2.05) is 78.3 Å². The van der Waals surface area contributed by atoms with Crippen molar-refractivity contribution in [1.29, 1.82) is 0 Å². The van der Waals surface area contributed by atoms with Gasteiger partial charge in [-0.2, -0.15) is 5.10 Å². The number of benzene rings is 2. The minimum absolute atomic E-state index is 0.255. The number of esters is 1. The number of amides is 1. The van der Waals surface area contributed by atoms with Crippen LogP contribution in [0.25, 0.3) is 5.69 Å². The summed E-state index contributed by atoms with van der Waals surface area (Å²) in [4.78, 5) is 28.9. The summed E-state index contributed by atoms with van der Waals surface area (Å²) in [5, 5.41) is 4.53. The Morgan fingerprint density at radius 3 is 2.41 bits per heavy atom. The van der Waals surface area contributed by atoms with Gasteiger partial charge < -0.3 is 14.5 Å². The van der Waals surface area contributed by atoms with E-state index in [-0.39, 0.29) is 12.5 Å². The number of ether oxygens (including phenoxy) is 1. The van der Waals surface area contributed by atoms with Crippen molar-refractivity contribution in [3.63, 3.8) is 0 Å². The lowest BCUT2D eigenvalue weighted by atomic mass is 10.2. The molecule has 32 heavy (non-hydrogen) atoms. The van der Waals surface area contributed by atoms with Gasteiger partial charge in [-0.1, -0.05) is 30.3 Å². The average molecular weight is 433 g/mol. The molecule has 0 N–H and O–H groups in total. The van der Waals surface area contributed by atoms with E-state index in [1.165, 1.54) is 0 Å². The summed E-state index contributed by atoms with van der Waals surface area (Å²) >= 11 is 0. The summed E-state index contributed by atoms with van der Waals surface area (Å²) in [6.45, 7) is 0.139. The van der Waals surface area contributed by atoms with E-state index in [4.69, 9.17) is 4.74 Å². The maximum absolute atomic E-state index is 12.8. The summed E-state index contributed by atoms with van der Waals surface area (Å²) in [5.74, 6) is -0.802. The van der Waals surface area contributed by atoms with Crippen LogP contribution in [0, 0.1) is 0 Å². The van der Waals surface area contributed by atoms with Crippen LogP contribution in [0.4, 0.5) is 5.69 Å². The van der Waals surface area contributed by atoms with E-state index in [1.54, 1.807) is 11.9 Å². The molecule has 0 spiro atoms. The molecular weight excluding hydrogens is 404 g/mol. The van der Waals surface area contributed by atoms with Gasteiger partial charge in [-0.15, -0.1) is 0 Å². The quantitative estimate of drug-likeness (QED) is 0.536. The van der Waals surface area contributed by atoms with E-state index in [0.29, 0.717) is 12.2 Å². The normalized spacial score (nSPS) is 12.3. The Balaban J connectivity index is 1.39. The molecule has 1 aliphatic rings. The van der Waals surface area contributed by atoms with E-state index < -0.39 is 5.97 Å². The van der Waals surface area contributed by atoms with E-state index >= 15 is 0 Å². The van der Waals surface area contributed by atoms with Crippen molar-refractivity contribution < 1.29 is 14.3 Å². The molecule has 3 aromatic rings. The second-order valence-corrected chi connectivity index (χ2v) is 8.26. The van der Waals surface area contributed by atoms with Crippen LogP contribution in [-0.4, -0.2) is 54.3 Å². The molecule has 4 rings (SSSR count). The number of fused-ring (bicyclic) bond motifs is 1. The lowest BCUT2D eigenvalue weighted by Crippen LogP contribution is -2.31. The second kappa shape index (κ2) is 9.26. The molecule has 7 nitrogen and oxygen atoms in total. The standard InChI is InChI=1S/C25H28N4O3/c1-27(2)19-14-12-18(13-15-19)16-28(3)23(30)17-32-25(31)24-21-10-7-11-22(21)29(26-24)20-8-5-4-6-9-20/h4-6,8-9,12-15H,7,10-11,16-17H2,1-3H3. The molecule has 0 radical (unpaired) electrons. The van der Waals surface area contributed by atoms with Gasteiger partial charge in [-0.05, 0) is 49.1 Å². The molecule has 1 aliphatic carbocycles. The summed E-state index contributed by atoms with van der Waals surface area (Å²) in [7, 11) is 5.67. The monoisotopic (exact) mass is 432 g/mol. The molecule has 0 atom stereocenters. The van der Waals surface area contributed by atoms with E-state index in [9.17, 15) is 9.59 Å². The third-order valence-electron chi connectivity index (χ3n) is 5.75. The topological polar surface area (TPSA) is 67.7 Å². The van der Waals surface area contributed by atoms with E-state index in [0.717, 1.165) is 47.5 Å². The van der Waals surface area contributed by atoms with Gasteiger partial charge in [0.2, 0.25) is 0 Å². The number of para-hydroxylation sites is 1. The van der Waals surface area contributed by atoms with Crippen LogP contribution < -0.4 is 4.90 Å². The highest BCUT2D eigenvalue weighted by Gasteiger charge is 2.28. The second-order valence-electron chi connectivity index (χ2n) is 8.26. The van der Waals surface area contributed by atoms with Crippen LogP contribution in [0.2, 0.25) is 0 Å². The van der Waals surface area contributed by atoms with Crippen molar-refractivity contribution in [3.8, 4) is 5.69 Å². The number of likely N-dealkylation sites (N-methyl/N-ethyl adjacent to an activating group) is 1. The Bertz CT molecular complexity index is 1100. The zero-order valence-electron chi connectivity index (χ0n) is 18.7. The Kier molecular flexibility index (Phi) is 6.25. The number of rotatable bonds is 7. The minimum atomic E-state index is -0.546. The highest BCUT2D eigenvalue weighted by Crippen LogP contribution is 2.28. The van der Waals surface area contributed by atoms with Crippen molar-refractivity contribution in [1.82, 2.24) is 14.7 Å². The molecule has 0 saturated carbocycles. The molecule has 2 aromatic carbocycles. The predicted molar refractivity (Wildman–Crippen MR) is 123 cm³/mol. The third-order valence-corrected chi connectivity index (χ3v) is 5.75. The van der Waals surface area contributed by atoms with Crippen LogP contribution in [0.5, 0.6) is 0 Å². The Morgan fingerprint density at radius 2 is 1.72 bits per heavy atom. The first-order valence-corrected chi connectivity index (χ1v) is 10.8. The van der Waals surface area contributed by atoms with Gasteiger partial charge in [-0.25, -0.2) is 9.48 Å². The average Bonchev–Trinajstić information content (AvgIpc) is 3.41. The summed E-state index contributed by atoms with van der Waals surface area (Å²) in [6.07, 6.45) is 2.65. The number of carbonyl (C=O) groups is 2. The van der Waals surface area contributed by atoms with Crippen LogP contribution in [0.3, 0.4) is 0 Å². The molecule has 0 aliphatic heterocycles. The smallest absolute Gasteiger partial charge is 0.359 e. The number of carbonyl (C=O) groups excluding carboxylic acids is 2. The molecule has 1 aromatic heterocycles. The van der Waals surface area contributed by atoms with Gasteiger partial charge in [0.05, 0.1) is 5.69 Å². The Hall–Kier alpha value is -3.61. The summed E-state index contributed by atoms with van der Waals surface area (Å²) in [6, 6.07) is 17.8. The van der Waals surface area contributed by atoms with Gasteiger partial charge in [0.1, 0.15) is 0 Å². The van der Waals surface area contributed by atoms with Crippen molar-refractivity contribution >= 4 is 17.6 Å². The summed E-state index contributed by atoms with van der Waals surface area (Å²) < 4.78 is 7.18. The first-order valence-electron chi connectivity index (χ1n) is 10.8. The predicted octanol–water partition coefficient (Wildman–Crippen LogP) is 3.24. The van der Waals surface area contributed by atoms with Gasteiger partial charge >= 0.3 is 5.97 Å². The number of nitrogens with zero attached hydrogens (tertiary/aromatic N) is 4. The van der Waals surface area contributed by atoms with Crippen LogP contribution in [-0.2, 0) is 28.9 Å². The zero-order chi connectivity index (χ0) is 22.7. The maximum atomic E-state index is 12.8. The lowest BCUT2D eigenvalue weighted by molar-refractivity contribution is -0.133.